The first kappa shape index (κ1) is 13.4. The van der Waals surface area contributed by atoms with E-state index in [0.717, 1.165) is 50.0 Å². The zero-order valence-corrected chi connectivity index (χ0v) is 11.8. The molecular weight excluding hydrogens is 252 g/mol. The van der Waals surface area contributed by atoms with Crippen LogP contribution in [0.15, 0.2) is 18.2 Å². The maximum absolute atomic E-state index is 12.7. The molecule has 2 aliphatic rings. The third kappa shape index (κ3) is 2.52. The largest absolute Gasteiger partial charge is 0.396 e. The molecule has 0 aromatic heterocycles. The summed E-state index contributed by atoms with van der Waals surface area (Å²) < 4.78 is 0. The van der Waals surface area contributed by atoms with Crippen molar-refractivity contribution in [3.63, 3.8) is 0 Å². The van der Waals surface area contributed by atoms with Crippen LogP contribution in [0.3, 0.4) is 0 Å². The van der Waals surface area contributed by atoms with Crippen LogP contribution in [0.1, 0.15) is 41.6 Å². The summed E-state index contributed by atoms with van der Waals surface area (Å²) in [5.74, 6) is 0.123. The minimum atomic E-state index is 0.123. The number of anilines is 1. The van der Waals surface area contributed by atoms with Gasteiger partial charge in [-0.15, -0.1) is 0 Å². The predicted octanol–water partition coefficient (Wildman–Crippen LogP) is 2.03. The number of carbonyl (C=O) groups is 1. The van der Waals surface area contributed by atoms with Crippen molar-refractivity contribution in [1.29, 1.82) is 0 Å². The average Bonchev–Trinajstić information content (AvgIpc) is 2.95. The number of carbonyl (C=O) groups excluding carboxylic acids is 1. The first-order valence-corrected chi connectivity index (χ1v) is 7.58. The van der Waals surface area contributed by atoms with Crippen molar-refractivity contribution in [2.75, 3.05) is 25.0 Å². The number of aliphatic hydroxyl groups excluding tert-OH is 1. The van der Waals surface area contributed by atoms with E-state index in [0.29, 0.717) is 6.42 Å². The van der Waals surface area contributed by atoms with Crippen LogP contribution in [0.5, 0.6) is 0 Å². The molecule has 0 aliphatic carbocycles. The molecule has 3 rings (SSSR count). The highest BCUT2D eigenvalue weighted by Gasteiger charge is 2.27. The highest BCUT2D eigenvalue weighted by Crippen LogP contribution is 2.26. The van der Waals surface area contributed by atoms with E-state index in [1.54, 1.807) is 0 Å². The molecule has 1 atom stereocenters. The van der Waals surface area contributed by atoms with Crippen molar-refractivity contribution in [3.05, 3.63) is 29.3 Å². The van der Waals surface area contributed by atoms with E-state index >= 15 is 0 Å². The summed E-state index contributed by atoms with van der Waals surface area (Å²) in [4.78, 5) is 14.7. The van der Waals surface area contributed by atoms with Crippen LogP contribution in [0.25, 0.3) is 0 Å². The normalized spacial score (nSPS) is 21.4. The molecule has 0 spiro atoms. The van der Waals surface area contributed by atoms with E-state index in [1.165, 1.54) is 5.56 Å². The molecule has 2 N–H and O–H groups in total. The summed E-state index contributed by atoms with van der Waals surface area (Å²) in [5, 5.41) is 12.5. The number of fused-ring (bicyclic) bond motifs is 1. The van der Waals surface area contributed by atoms with Crippen molar-refractivity contribution in [1.82, 2.24) is 4.90 Å². The Bertz CT molecular complexity index is 499. The number of benzene rings is 1. The summed E-state index contributed by atoms with van der Waals surface area (Å²) in [5.41, 5.74) is 3.19. The number of amides is 1. The summed E-state index contributed by atoms with van der Waals surface area (Å²) in [6.45, 7) is 1.94. The SMILES string of the molecule is O=C(c1ccc2c(c1)CCN2)N1CCCCC1CCO. The van der Waals surface area contributed by atoms with Crippen LogP contribution >= 0.6 is 0 Å². The Kier molecular flexibility index (Phi) is 3.92. The lowest BCUT2D eigenvalue weighted by Crippen LogP contribution is -2.44. The number of nitrogens with one attached hydrogen (secondary N) is 1. The van der Waals surface area contributed by atoms with Gasteiger partial charge in [-0.1, -0.05) is 0 Å². The Hall–Kier alpha value is -1.55. The first-order chi connectivity index (χ1) is 9.79. The van der Waals surface area contributed by atoms with Crippen LogP contribution < -0.4 is 5.32 Å². The molecule has 2 aliphatic heterocycles. The van der Waals surface area contributed by atoms with Crippen LogP contribution in [0.2, 0.25) is 0 Å². The fourth-order valence-corrected chi connectivity index (χ4v) is 3.32. The second-order valence-electron chi connectivity index (χ2n) is 5.71. The number of hydrogen-bond acceptors (Lipinski definition) is 3. The number of aliphatic hydroxyl groups is 1. The molecule has 1 unspecified atom stereocenters. The Morgan fingerprint density at radius 1 is 1.40 bits per heavy atom. The van der Waals surface area contributed by atoms with E-state index in [2.05, 4.69) is 5.32 Å². The van der Waals surface area contributed by atoms with E-state index in [1.807, 2.05) is 23.1 Å². The van der Waals surface area contributed by atoms with Gasteiger partial charge in [0.1, 0.15) is 0 Å². The standard InChI is InChI=1S/C16H22N2O2/c19-10-7-14-3-1-2-9-18(14)16(20)13-4-5-15-12(11-13)6-8-17-15/h4-5,11,14,17,19H,1-3,6-10H2. The fourth-order valence-electron chi connectivity index (χ4n) is 3.32. The van der Waals surface area contributed by atoms with Gasteiger partial charge in [-0.05, 0) is 55.9 Å². The topological polar surface area (TPSA) is 52.6 Å². The molecule has 1 saturated heterocycles. The van der Waals surface area contributed by atoms with Gasteiger partial charge in [0.05, 0.1) is 0 Å². The predicted molar refractivity (Wildman–Crippen MR) is 79.0 cm³/mol. The van der Waals surface area contributed by atoms with Gasteiger partial charge >= 0.3 is 0 Å². The maximum Gasteiger partial charge on any atom is 0.254 e. The van der Waals surface area contributed by atoms with Crippen LogP contribution in [-0.2, 0) is 6.42 Å². The summed E-state index contributed by atoms with van der Waals surface area (Å²) >= 11 is 0. The van der Waals surface area contributed by atoms with Gasteiger partial charge in [-0.25, -0.2) is 0 Å². The molecule has 1 fully saturated rings. The van der Waals surface area contributed by atoms with Crippen molar-refractivity contribution in [3.8, 4) is 0 Å². The van der Waals surface area contributed by atoms with Crippen molar-refractivity contribution < 1.29 is 9.90 Å². The van der Waals surface area contributed by atoms with E-state index in [4.69, 9.17) is 5.11 Å². The zero-order chi connectivity index (χ0) is 13.9. The Balaban J connectivity index is 1.80. The lowest BCUT2D eigenvalue weighted by atomic mass is 9.98. The molecule has 1 aromatic carbocycles. The lowest BCUT2D eigenvalue weighted by Gasteiger charge is -2.35. The second-order valence-corrected chi connectivity index (χ2v) is 5.71. The lowest BCUT2D eigenvalue weighted by molar-refractivity contribution is 0.0574. The molecule has 20 heavy (non-hydrogen) atoms. The third-order valence-corrected chi connectivity index (χ3v) is 4.41. The van der Waals surface area contributed by atoms with E-state index in [9.17, 15) is 4.79 Å². The van der Waals surface area contributed by atoms with E-state index in [-0.39, 0.29) is 18.6 Å². The monoisotopic (exact) mass is 274 g/mol. The summed E-state index contributed by atoms with van der Waals surface area (Å²) in [7, 11) is 0. The number of piperidine rings is 1. The third-order valence-electron chi connectivity index (χ3n) is 4.41. The van der Waals surface area contributed by atoms with Crippen LogP contribution in [-0.4, -0.2) is 41.7 Å². The average molecular weight is 274 g/mol. The number of nitrogens with zero attached hydrogens (tertiary/aromatic N) is 1. The fraction of sp³-hybridized carbons (Fsp3) is 0.562. The van der Waals surface area contributed by atoms with Crippen molar-refractivity contribution in [2.24, 2.45) is 0 Å². The first-order valence-electron chi connectivity index (χ1n) is 7.58. The molecule has 1 aromatic rings. The van der Waals surface area contributed by atoms with Crippen LogP contribution in [0.4, 0.5) is 5.69 Å². The Morgan fingerprint density at radius 2 is 2.30 bits per heavy atom. The summed E-state index contributed by atoms with van der Waals surface area (Å²) in [6.07, 6.45) is 4.93. The van der Waals surface area contributed by atoms with Gasteiger partial charge in [0.2, 0.25) is 0 Å². The molecular formula is C16H22N2O2. The molecule has 4 heteroatoms. The quantitative estimate of drug-likeness (QED) is 0.887. The Labute approximate surface area is 119 Å². The minimum Gasteiger partial charge on any atom is -0.396 e. The highest BCUT2D eigenvalue weighted by molar-refractivity contribution is 5.95. The van der Waals surface area contributed by atoms with Crippen molar-refractivity contribution in [2.45, 2.75) is 38.1 Å². The van der Waals surface area contributed by atoms with Gasteiger partial charge in [0, 0.05) is 37.0 Å². The highest BCUT2D eigenvalue weighted by atomic mass is 16.3. The van der Waals surface area contributed by atoms with Gasteiger partial charge < -0.3 is 15.3 Å². The summed E-state index contributed by atoms with van der Waals surface area (Å²) in [6, 6.07) is 6.17. The van der Waals surface area contributed by atoms with Gasteiger partial charge in [-0.2, -0.15) is 0 Å². The van der Waals surface area contributed by atoms with E-state index < -0.39 is 0 Å². The molecule has 4 nitrogen and oxygen atoms in total. The molecule has 0 radical (unpaired) electrons. The Morgan fingerprint density at radius 3 is 3.15 bits per heavy atom. The minimum absolute atomic E-state index is 0.123. The smallest absolute Gasteiger partial charge is 0.254 e. The molecule has 1 amide bonds. The number of rotatable bonds is 3. The van der Waals surface area contributed by atoms with Crippen molar-refractivity contribution >= 4 is 11.6 Å². The maximum atomic E-state index is 12.7. The van der Waals surface area contributed by atoms with Gasteiger partial charge in [0.15, 0.2) is 0 Å². The number of likely N-dealkylation sites (tertiary alicyclic amines) is 1. The molecule has 108 valence electrons. The molecule has 2 heterocycles. The van der Waals surface area contributed by atoms with Gasteiger partial charge in [-0.3, -0.25) is 4.79 Å². The zero-order valence-electron chi connectivity index (χ0n) is 11.8. The van der Waals surface area contributed by atoms with Crippen LogP contribution in [0, 0.1) is 0 Å². The molecule has 0 saturated carbocycles. The second kappa shape index (κ2) is 5.83. The van der Waals surface area contributed by atoms with Gasteiger partial charge in [0.25, 0.3) is 5.91 Å². The number of hydrogen-bond donors (Lipinski definition) is 2. The molecule has 0 bridgehead atoms.